The summed E-state index contributed by atoms with van der Waals surface area (Å²) in [4.78, 5) is 0. The molecular formula is C55H138O9. The molecule has 9 heteroatoms. The van der Waals surface area contributed by atoms with E-state index in [-0.39, 0.29) is 42.7 Å². The van der Waals surface area contributed by atoms with Gasteiger partial charge in [0.05, 0.1) is 30.5 Å². The molecule has 64 heavy (non-hydrogen) atoms. The van der Waals surface area contributed by atoms with Crippen molar-refractivity contribution in [2.75, 3.05) is 97.0 Å². The van der Waals surface area contributed by atoms with Crippen molar-refractivity contribution in [2.45, 2.75) is 250 Å². The third-order valence-corrected chi connectivity index (χ3v) is 8.52. The Morgan fingerprint density at radius 1 is 0.438 bits per heavy atom. The lowest BCUT2D eigenvalue weighted by atomic mass is 9.99. The van der Waals surface area contributed by atoms with Crippen LogP contribution in [0.25, 0.3) is 0 Å². The Morgan fingerprint density at radius 3 is 0.938 bits per heavy atom. The van der Waals surface area contributed by atoms with E-state index < -0.39 is 0 Å². The van der Waals surface area contributed by atoms with E-state index >= 15 is 0 Å². The Morgan fingerprint density at radius 2 is 0.875 bits per heavy atom. The van der Waals surface area contributed by atoms with E-state index in [4.69, 9.17) is 42.6 Å². The van der Waals surface area contributed by atoms with E-state index in [1.165, 1.54) is 25.7 Å². The summed E-state index contributed by atoms with van der Waals surface area (Å²) < 4.78 is 44.2. The minimum absolute atomic E-state index is 0. The van der Waals surface area contributed by atoms with E-state index in [9.17, 15) is 0 Å². The van der Waals surface area contributed by atoms with Crippen LogP contribution in [0.3, 0.4) is 0 Å². The molecule has 9 nitrogen and oxygen atoms in total. The van der Waals surface area contributed by atoms with Gasteiger partial charge in [-0.2, -0.15) is 0 Å². The van der Waals surface area contributed by atoms with Crippen LogP contribution < -0.4 is 0 Å². The summed E-state index contributed by atoms with van der Waals surface area (Å²) in [5.41, 5.74) is 0.411. The van der Waals surface area contributed by atoms with Gasteiger partial charge in [-0.15, -0.1) is 0 Å². The summed E-state index contributed by atoms with van der Waals surface area (Å²) in [6.07, 6.45) is 11.9. The molecule has 0 aromatic heterocycles. The molecule has 3 unspecified atom stereocenters. The fourth-order valence-corrected chi connectivity index (χ4v) is 3.07. The Kier molecular flexibility index (Phi) is 136. The van der Waals surface area contributed by atoms with Gasteiger partial charge in [-0.25, -0.2) is 0 Å². The number of methoxy groups -OCH3 is 9. The van der Waals surface area contributed by atoms with Gasteiger partial charge in [-0.05, 0) is 89.4 Å². The topological polar surface area (TPSA) is 83.1 Å². The first kappa shape index (κ1) is 101. The van der Waals surface area contributed by atoms with Crippen LogP contribution in [-0.4, -0.2) is 121 Å². The standard InChI is InChI=1S/6C6H14O.2C5H12O.C4H10O.5CH4/c1-6(2,3)5-7-4;1-5-6(2,3)7-4;1-5(2)6(3)7-4;1-4-6(2)5-7-3;1-4-6(5-2)7-3;1-3-4-5-6-7-2;1-5(2)4-6-3;1-4-5(2)6-3;1-3-4-5-2;;;;;/h2*5H2,1-4H3;5-6H,1-4H3;2*6H,4-5H2,1-3H3;3-6H2,1-2H3;2*5H,4H2,1-3H3;3-4H2,1-2H3;5*1H4. The Balaban J connectivity index is -0.0000000363. The maximum absolute atomic E-state index is 5.09. The van der Waals surface area contributed by atoms with Crippen LogP contribution in [0.15, 0.2) is 0 Å². The lowest BCUT2D eigenvalue weighted by Gasteiger charge is -2.19. The average molecular weight is 944 g/mol. The van der Waals surface area contributed by atoms with Gasteiger partial charge in [0, 0.05) is 90.4 Å². The predicted molar refractivity (Wildman–Crippen MR) is 297 cm³/mol. The van der Waals surface area contributed by atoms with E-state index in [0.717, 1.165) is 71.1 Å². The summed E-state index contributed by atoms with van der Waals surface area (Å²) in [7, 11) is 15.6. The highest BCUT2D eigenvalue weighted by Gasteiger charge is 2.11. The summed E-state index contributed by atoms with van der Waals surface area (Å²) in [5, 5.41) is 0. The largest absolute Gasteiger partial charge is 0.385 e. The molecule has 0 aliphatic rings. The van der Waals surface area contributed by atoms with Gasteiger partial charge in [0.1, 0.15) is 0 Å². The van der Waals surface area contributed by atoms with Gasteiger partial charge >= 0.3 is 0 Å². The van der Waals surface area contributed by atoms with Crippen molar-refractivity contribution in [1.29, 1.82) is 0 Å². The second-order valence-electron chi connectivity index (χ2n) is 17.1. The Hall–Kier alpha value is -0.360. The van der Waals surface area contributed by atoms with E-state index in [0.29, 0.717) is 35.6 Å². The van der Waals surface area contributed by atoms with Crippen molar-refractivity contribution in [1.82, 2.24) is 0 Å². The molecular weight excluding hydrogens is 805 g/mol. The van der Waals surface area contributed by atoms with Crippen molar-refractivity contribution in [3.63, 3.8) is 0 Å². The molecule has 0 aliphatic heterocycles. The predicted octanol–water partition coefficient (Wildman–Crippen LogP) is 17.4. The molecule has 0 aliphatic carbocycles. The summed E-state index contributed by atoms with van der Waals surface area (Å²) in [6, 6.07) is 0. The highest BCUT2D eigenvalue weighted by molar-refractivity contribution is 4.62. The molecule has 0 saturated carbocycles. The van der Waals surface area contributed by atoms with Crippen molar-refractivity contribution in [2.24, 2.45) is 23.2 Å². The maximum atomic E-state index is 5.09. The molecule has 0 saturated heterocycles. The second-order valence-corrected chi connectivity index (χ2v) is 17.1. The van der Waals surface area contributed by atoms with Crippen molar-refractivity contribution in [3.8, 4) is 0 Å². The third-order valence-electron chi connectivity index (χ3n) is 8.52. The van der Waals surface area contributed by atoms with Crippen LogP contribution >= 0.6 is 0 Å². The van der Waals surface area contributed by atoms with E-state index in [2.05, 4.69) is 132 Å². The van der Waals surface area contributed by atoms with Crippen LogP contribution in [0, 0.1) is 23.2 Å². The second kappa shape index (κ2) is 85.9. The normalized spacial score (nSPS) is 10.9. The van der Waals surface area contributed by atoms with Gasteiger partial charge in [0.25, 0.3) is 0 Å². The zero-order chi connectivity index (χ0) is 48.7. The minimum atomic E-state index is 0. The molecule has 0 rings (SSSR count). The highest BCUT2D eigenvalue weighted by atomic mass is 16.5. The van der Waals surface area contributed by atoms with Crippen LogP contribution in [0.4, 0.5) is 0 Å². The smallest absolute Gasteiger partial charge is 0.0620 e. The number of rotatable bonds is 21. The summed E-state index contributed by atoms with van der Waals surface area (Å²) >= 11 is 0. The molecule has 0 radical (unpaired) electrons. The SMILES string of the molecule is C.C.C.C.C.CCC(C)(C)OC.CCC(C)COC.CCC(C)OC.CCC(CC)OC.CCCCCOC.CCCOC.COC(C)C(C)C.COCC(C)(C)C.COCC(C)C. The Labute approximate surface area is 412 Å². The maximum Gasteiger partial charge on any atom is 0.0620 e. The van der Waals surface area contributed by atoms with Crippen LogP contribution in [0.1, 0.15) is 226 Å². The fourth-order valence-electron chi connectivity index (χ4n) is 3.07. The van der Waals surface area contributed by atoms with Crippen LogP contribution in [0.5, 0.6) is 0 Å². The molecule has 0 bridgehead atoms. The molecule has 0 aromatic rings. The summed E-state index contributed by atoms with van der Waals surface area (Å²) in [6.45, 7) is 44.8. The minimum Gasteiger partial charge on any atom is -0.385 e. The zero-order valence-electron chi connectivity index (χ0n) is 46.0. The Bertz CT molecular complexity index is 598. The fraction of sp³-hybridized carbons (Fsp3) is 1.00. The molecule has 0 spiro atoms. The molecule has 0 amide bonds. The van der Waals surface area contributed by atoms with Crippen LogP contribution in [-0.2, 0) is 42.6 Å². The third kappa shape index (κ3) is 144. The average Bonchev–Trinajstić information content (AvgIpc) is 3.20. The summed E-state index contributed by atoms with van der Waals surface area (Å²) in [5.74, 6) is 2.05. The highest BCUT2D eigenvalue weighted by Crippen LogP contribution is 2.11. The first-order chi connectivity index (χ1) is 27.4. The van der Waals surface area contributed by atoms with Gasteiger partial charge in [-0.1, -0.05) is 160 Å². The first-order valence-electron chi connectivity index (χ1n) is 23.0. The quantitative estimate of drug-likeness (QED) is 0.104. The van der Waals surface area contributed by atoms with Crippen molar-refractivity contribution in [3.05, 3.63) is 0 Å². The molecule has 0 heterocycles. The van der Waals surface area contributed by atoms with Crippen molar-refractivity contribution >= 4 is 0 Å². The van der Waals surface area contributed by atoms with E-state index in [1.54, 1.807) is 64.0 Å². The van der Waals surface area contributed by atoms with Crippen LogP contribution in [0.2, 0.25) is 0 Å². The van der Waals surface area contributed by atoms with Gasteiger partial charge in [-0.3, -0.25) is 0 Å². The number of hydrogen-bond acceptors (Lipinski definition) is 9. The van der Waals surface area contributed by atoms with Gasteiger partial charge in [0.15, 0.2) is 0 Å². The van der Waals surface area contributed by atoms with Crippen molar-refractivity contribution < 1.29 is 42.6 Å². The lowest BCUT2D eigenvalue weighted by Crippen LogP contribution is -2.20. The first-order valence-corrected chi connectivity index (χ1v) is 23.0. The monoisotopic (exact) mass is 943 g/mol. The molecule has 412 valence electrons. The molecule has 0 N–H and O–H groups in total. The zero-order valence-corrected chi connectivity index (χ0v) is 46.0. The number of ether oxygens (including phenoxy) is 9. The molecule has 3 atom stereocenters. The van der Waals surface area contributed by atoms with Gasteiger partial charge < -0.3 is 42.6 Å². The number of hydrogen-bond donors (Lipinski definition) is 0. The molecule has 0 aromatic carbocycles. The van der Waals surface area contributed by atoms with E-state index in [1.807, 2.05) is 0 Å². The molecule has 0 fully saturated rings. The van der Waals surface area contributed by atoms with Gasteiger partial charge in [0.2, 0.25) is 0 Å². The number of unbranched alkanes of at least 4 members (excludes halogenated alkanes) is 2. The lowest BCUT2D eigenvalue weighted by molar-refractivity contribution is 0.0196.